The number of amides is 1. The van der Waals surface area contributed by atoms with E-state index in [4.69, 9.17) is 16.6 Å². The van der Waals surface area contributed by atoms with Gasteiger partial charge in [-0.05, 0) is 24.1 Å². The van der Waals surface area contributed by atoms with Gasteiger partial charge in [0.25, 0.3) is 0 Å². The first kappa shape index (κ1) is 16.3. The second-order valence-electron chi connectivity index (χ2n) is 5.01. The quantitative estimate of drug-likeness (QED) is 0.629. The van der Waals surface area contributed by atoms with E-state index in [1.807, 2.05) is 13.8 Å². The lowest BCUT2D eigenvalue weighted by Gasteiger charge is -2.26. The van der Waals surface area contributed by atoms with Gasteiger partial charge in [-0.1, -0.05) is 13.8 Å². The largest absolute Gasteiger partial charge is 0.397 e. The Kier molecular flexibility index (Phi) is 4.96. The van der Waals surface area contributed by atoms with Gasteiger partial charge in [-0.25, -0.2) is 13.6 Å². The van der Waals surface area contributed by atoms with Crippen molar-refractivity contribution in [1.29, 1.82) is 0 Å². The van der Waals surface area contributed by atoms with Crippen molar-refractivity contribution in [3.8, 4) is 0 Å². The van der Waals surface area contributed by atoms with Crippen LogP contribution in [0.3, 0.4) is 0 Å². The molecule has 0 saturated carbocycles. The first-order valence-electron chi connectivity index (χ1n) is 6.07. The normalized spacial score (nSPS) is 11.6. The molecule has 1 aromatic rings. The van der Waals surface area contributed by atoms with Gasteiger partial charge in [-0.15, -0.1) is 0 Å². The molecule has 0 fully saturated rings. The van der Waals surface area contributed by atoms with Gasteiger partial charge in [0, 0.05) is 6.54 Å². The van der Waals surface area contributed by atoms with E-state index in [1.54, 1.807) is 4.90 Å². The van der Waals surface area contributed by atoms with Gasteiger partial charge < -0.3 is 16.4 Å². The van der Waals surface area contributed by atoms with Crippen molar-refractivity contribution in [2.75, 3.05) is 23.7 Å². The van der Waals surface area contributed by atoms with Crippen LogP contribution in [0.4, 0.5) is 11.4 Å². The lowest BCUT2D eigenvalue weighted by molar-refractivity contribution is -0.116. The molecule has 8 heteroatoms. The molecule has 6 N–H and O–H groups in total. The molecule has 1 aromatic carbocycles. The molecule has 0 heterocycles. The second-order valence-corrected chi connectivity index (χ2v) is 6.57. The molecule has 0 saturated heterocycles. The van der Waals surface area contributed by atoms with Gasteiger partial charge in [0.1, 0.15) is 0 Å². The summed E-state index contributed by atoms with van der Waals surface area (Å²) in [5.74, 6) is -0.202. The number of nitrogen functional groups attached to an aromatic ring is 1. The zero-order valence-electron chi connectivity index (χ0n) is 11.5. The fourth-order valence-electron chi connectivity index (χ4n) is 1.87. The Labute approximate surface area is 118 Å². The fraction of sp³-hybridized carbons (Fsp3) is 0.417. The molecular weight excluding hydrogens is 280 g/mol. The third kappa shape index (κ3) is 4.39. The molecule has 0 unspecified atom stereocenters. The van der Waals surface area contributed by atoms with Gasteiger partial charge in [0.2, 0.25) is 15.9 Å². The standard InChI is InChI=1S/C12H20N4O3S/c1-8(2)6-16(7-12(14)17)11-4-3-9(5-10(11)13)20(15,18)19/h3-5,8H,6-7,13H2,1-2H3,(H2,14,17)(H2,15,18,19). The van der Waals surface area contributed by atoms with Gasteiger partial charge in [-0.3, -0.25) is 4.79 Å². The number of anilines is 2. The molecule has 112 valence electrons. The van der Waals surface area contributed by atoms with Crippen LogP contribution in [0.25, 0.3) is 0 Å². The van der Waals surface area contributed by atoms with E-state index < -0.39 is 15.9 Å². The second kappa shape index (κ2) is 6.10. The van der Waals surface area contributed by atoms with Crippen LogP contribution in [-0.4, -0.2) is 27.4 Å². The van der Waals surface area contributed by atoms with Gasteiger partial charge in [0.05, 0.1) is 22.8 Å². The van der Waals surface area contributed by atoms with Gasteiger partial charge >= 0.3 is 0 Å². The van der Waals surface area contributed by atoms with Crippen molar-refractivity contribution in [3.63, 3.8) is 0 Å². The minimum Gasteiger partial charge on any atom is -0.397 e. The number of primary amides is 1. The zero-order valence-corrected chi connectivity index (χ0v) is 12.4. The molecule has 0 spiro atoms. The van der Waals surface area contributed by atoms with E-state index in [1.165, 1.54) is 18.2 Å². The van der Waals surface area contributed by atoms with Gasteiger partial charge in [0.15, 0.2) is 0 Å². The zero-order chi connectivity index (χ0) is 15.5. The summed E-state index contributed by atoms with van der Waals surface area (Å²) in [6.07, 6.45) is 0. The average Bonchev–Trinajstić information content (AvgIpc) is 2.25. The van der Waals surface area contributed by atoms with E-state index in [0.29, 0.717) is 12.2 Å². The van der Waals surface area contributed by atoms with Crippen LogP contribution >= 0.6 is 0 Å². The summed E-state index contributed by atoms with van der Waals surface area (Å²) in [5.41, 5.74) is 11.9. The summed E-state index contributed by atoms with van der Waals surface area (Å²) in [6, 6.07) is 4.16. The number of nitrogens with zero attached hydrogens (tertiary/aromatic N) is 1. The van der Waals surface area contributed by atoms with Crippen molar-refractivity contribution >= 4 is 27.3 Å². The molecule has 0 atom stereocenters. The van der Waals surface area contributed by atoms with Crippen LogP contribution in [0.1, 0.15) is 13.8 Å². The van der Waals surface area contributed by atoms with E-state index in [0.717, 1.165) is 0 Å². The molecule has 0 aromatic heterocycles. The van der Waals surface area contributed by atoms with Crippen molar-refractivity contribution in [2.45, 2.75) is 18.7 Å². The minimum absolute atomic E-state index is 0.0110. The maximum absolute atomic E-state index is 11.3. The van der Waals surface area contributed by atoms with Crippen LogP contribution in [0, 0.1) is 5.92 Å². The van der Waals surface area contributed by atoms with Crippen LogP contribution in [0.15, 0.2) is 23.1 Å². The third-order valence-electron chi connectivity index (χ3n) is 2.60. The minimum atomic E-state index is -3.80. The topological polar surface area (TPSA) is 133 Å². The highest BCUT2D eigenvalue weighted by atomic mass is 32.2. The van der Waals surface area contributed by atoms with Crippen molar-refractivity contribution < 1.29 is 13.2 Å². The number of hydrogen-bond donors (Lipinski definition) is 3. The summed E-state index contributed by atoms with van der Waals surface area (Å²) in [6.45, 7) is 4.56. The number of benzene rings is 1. The number of rotatable bonds is 6. The number of hydrogen-bond acceptors (Lipinski definition) is 5. The molecule has 0 aliphatic heterocycles. The van der Waals surface area contributed by atoms with Crippen molar-refractivity contribution in [2.24, 2.45) is 16.8 Å². The fourth-order valence-corrected chi connectivity index (χ4v) is 2.42. The predicted molar refractivity (Wildman–Crippen MR) is 78.5 cm³/mol. The Morgan fingerprint density at radius 2 is 1.95 bits per heavy atom. The lowest BCUT2D eigenvalue weighted by Crippen LogP contribution is -2.36. The number of primary sulfonamides is 1. The first-order chi connectivity index (χ1) is 9.11. The smallest absolute Gasteiger partial charge is 0.238 e. The lowest BCUT2D eigenvalue weighted by atomic mass is 10.1. The van der Waals surface area contributed by atoms with Crippen molar-refractivity contribution in [3.05, 3.63) is 18.2 Å². The molecule has 0 aliphatic rings. The summed E-state index contributed by atoms with van der Waals surface area (Å²) < 4.78 is 22.5. The molecule has 20 heavy (non-hydrogen) atoms. The van der Waals surface area contributed by atoms with E-state index >= 15 is 0 Å². The highest BCUT2D eigenvalue weighted by Crippen LogP contribution is 2.26. The van der Waals surface area contributed by atoms with E-state index in [2.05, 4.69) is 0 Å². The van der Waals surface area contributed by atoms with E-state index in [-0.39, 0.29) is 23.0 Å². The highest BCUT2D eigenvalue weighted by molar-refractivity contribution is 7.89. The van der Waals surface area contributed by atoms with Crippen molar-refractivity contribution in [1.82, 2.24) is 0 Å². The monoisotopic (exact) mass is 300 g/mol. The summed E-state index contributed by atoms with van der Waals surface area (Å²) in [7, 11) is -3.80. The maximum Gasteiger partial charge on any atom is 0.238 e. The van der Waals surface area contributed by atoms with E-state index in [9.17, 15) is 13.2 Å². The predicted octanol–water partition coefficient (Wildman–Crippen LogP) is -0.136. The summed E-state index contributed by atoms with van der Waals surface area (Å²) in [4.78, 5) is 12.8. The molecule has 0 aliphatic carbocycles. The maximum atomic E-state index is 11.3. The number of sulfonamides is 1. The molecule has 0 radical (unpaired) electrons. The molecular formula is C12H20N4O3S. The van der Waals surface area contributed by atoms with Crippen LogP contribution in [-0.2, 0) is 14.8 Å². The summed E-state index contributed by atoms with van der Waals surface area (Å²) >= 11 is 0. The number of nitrogens with two attached hydrogens (primary N) is 3. The van der Waals surface area contributed by atoms with Crippen LogP contribution in [0.5, 0.6) is 0 Å². The molecule has 1 amide bonds. The number of carbonyl (C=O) groups is 1. The number of carbonyl (C=O) groups excluding carboxylic acids is 1. The Hall–Kier alpha value is -1.80. The Morgan fingerprint density at radius 1 is 1.35 bits per heavy atom. The average molecular weight is 300 g/mol. The molecule has 1 rings (SSSR count). The Balaban J connectivity index is 3.17. The Morgan fingerprint density at radius 3 is 2.35 bits per heavy atom. The Bertz CT molecular complexity index is 599. The molecule has 0 bridgehead atoms. The highest BCUT2D eigenvalue weighted by Gasteiger charge is 2.16. The van der Waals surface area contributed by atoms with Crippen LogP contribution < -0.4 is 21.5 Å². The van der Waals surface area contributed by atoms with Crippen LogP contribution in [0.2, 0.25) is 0 Å². The first-order valence-corrected chi connectivity index (χ1v) is 7.61. The van der Waals surface area contributed by atoms with Gasteiger partial charge in [-0.2, -0.15) is 0 Å². The summed E-state index contributed by atoms with van der Waals surface area (Å²) in [5, 5.41) is 5.04. The third-order valence-corrected chi connectivity index (χ3v) is 3.51. The SMILES string of the molecule is CC(C)CN(CC(N)=O)c1ccc(S(N)(=O)=O)cc1N. The molecule has 7 nitrogen and oxygen atoms in total.